The summed E-state index contributed by atoms with van der Waals surface area (Å²) in [6, 6.07) is 0. The van der Waals surface area contributed by atoms with Gasteiger partial charge in [-0.15, -0.1) is 0 Å². The molecule has 0 spiro atoms. The van der Waals surface area contributed by atoms with E-state index in [4.69, 9.17) is 5.11 Å². The summed E-state index contributed by atoms with van der Waals surface area (Å²) in [7, 11) is 0. The van der Waals surface area contributed by atoms with E-state index >= 15 is 0 Å². The predicted molar refractivity (Wildman–Crippen MR) is 61.4 cm³/mol. The zero-order chi connectivity index (χ0) is 14.8. The third-order valence-electron chi connectivity index (χ3n) is 3.26. The number of carbonyl (C=O) groups excluding carboxylic acids is 1. The van der Waals surface area contributed by atoms with Gasteiger partial charge in [-0.25, -0.2) is 0 Å². The summed E-state index contributed by atoms with van der Waals surface area (Å²) in [5.41, 5.74) is -0.751. The van der Waals surface area contributed by atoms with Gasteiger partial charge in [-0.1, -0.05) is 13.8 Å². The Morgan fingerprint density at radius 2 is 1.84 bits per heavy atom. The van der Waals surface area contributed by atoms with Gasteiger partial charge in [0.1, 0.15) is 0 Å². The molecule has 7 heteroatoms. The molecule has 1 aliphatic rings. The number of hydrogen-bond donors (Lipinski definition) is 1. The van der Waals surface area contributed by atoms with Crippen molar-refractivity contribution in [2.45, 2.75) is 39.3 Å². The highest BCUT2D eigenvalue weighted by atomic mass is 19.4. The van der Waals surface area contributed by atoms with Crippen LogP contribution in [0.2, 0.25) is 0 Å². The summed E-state index contributed by atoms with van der Waals surface area (Å²) in [5, 5.41) is 8.70. The number of carbonyl (C=O) groups is 2. The van der Waals surface area contributed by atoms with E-state index in [1.54, 1.807) is 13.8 Å². The Balaban J connectivity index is 2.54. The van der Waals surface area contributed by atoms with Crippen molar-refractivity contribution in [3.05, 3.63) is 0 Å². The van der Waals surface area contributed by atoms with E-state index in [1.165, 1.54) is 4.90 Å². The average molecular weight is 281 g/mol. The van der Waals surface area contributed by atoms with Crippen LogP contribution < -0.4 is 0 Å². The van der Waals surface area contributed by atoms with Crippen LogP contribution in [0.25, 0.3) is 0 Å². The van der Waals surface area contributed by atoms with E-state index < -0.39 is 29.4 Å². The third kappa shape index (κ3) is 4.72. The van der Waals surface area contributed by atoms with Crippen LogP contribution in [0, 0.1) is 11.3 Å². The Morgan fingerprint density at radius 3 is 2.26 bits per heavy atom. The summed E-state index contributed by atoms with van der Waals surface area (Å²) in [6.45, 7) is 3.02. The van der Waals surface area contributed by atoms with E-state index in [0.29, 0.717) is 0 Å². The molecule has 110 valence electrons. The Kier molecular flexibility index (Phi) is 4.47. The topological polar surface area (TPSA) is 57.6 Å². The molecule has 0 aromatic heterocycles. The monoisotopic (exact) mass is 281 g/mol. The van der Waals surface area contributed by atoms with Gasteiger partial charge >= 0.3 is 12.1 Å². The van der Waals surface area contributed by atoms with Crippen LogP contribution in [0.4, 0.5) is 13.2 Å². The van der Waals surface area contributed by atoms with Gasteiger partial charge in [0.15, 0.2) is 0 Å². The highest BCUT2D eigenvalue weighted by Gasteiger charge is 2.45. The number of nitrogens with zero attached hydrogens (tertiary/aromatic N) is 1. The molecule has 0 aromatic rings. The largest absolute Gasteiger partial charge is 0.481 e. The number of hydrogen-bond acceptors (Lipinski definition) is 2. The fourth-order valence-corrected chi connectivity index (χ4v) is 2.25. The second kappa shape index (κ2) is 5.38. The maximum absolute atomic E-state index is 12.5. The van der Waals surface area contributed by atoms with Crippen molar-refractivity contribution in [2.75, 3.05) is 13.1 Å². The molecule has 0 aliphatic carbocycles. The smallest absolute Gasteiger partial charge is 0.393 e. The molecule has 1 fully saturated rings. The number of carboxylic acid groups (broad SMARTS) is 1. The van der Waals surface area contributed by atoms with Crippen LogP contribution in [-0.4, -0.2) is 41.1 Å². The Bertz CT molecular complexity index is 366. The molecule has 1 unspecified atom stereocenters. The summed E-state index contributed by atoms with van der Waals surface area (Å²) >= 11 is 0. The number of aliphatic carboxylic acids is 1. The third-order valence-corrected chi connectivity index (χ3v) is 3.26. The van der Waals surface area contributed by atoms with Gasteiger partial charge in [0.05, 0.1) is 12.3 Å². The molecule has 0 bridgehead atoms. The van der Waals surface area contributed by atoms with E-state index in [-0.39, 0.29) is 32.4 Å². The van der Waals surface area contributed by atoms with Gasteiger partial charge < -0.3 is 10.0 Å². The molecule has 4 nitrogen and oxygen atoms in total. The van der Waals surface area contributed by atoms with E-state index in [2.05, 4.69) is 0 Å². The molecule has 1 atom stereocenters. The highest BCUT2D eigenvalue weighted by Crippen LogP contribution is 2.34. The molecule has 1 amide bonds. The van der Waals surface area contributed by atoms with E-state index in [0.717, 1.165) is 0 Å². The quantitative estimate of drug-likeness (QED) is 0.860. The van der Waals surface area contributed by atoms with E-state index in [9.17, 15) is 22.8 Å². The minimum atomic E-state index is -4.27. The maximum atomic E-state index is 12.5. The Morgan fingerprint density at radius 1 is 1.26 bits per heavy atom. The van der Waals surface area contributed by atoms with Crippen LogP contribution in [-0.2, 0) is 9.59 Å². The minimum absolute atomic E-state index is 0.0517. The molecule has 1 aliphatic heterocycles. The zero-order valence-electron chi connectivity index (χ0n) is 11.0. The van der Waals surface area contributed by atoms with Gasteiger partial charge in [-0.3, -0.25) is 9.59 Å². The highest BCUT2D eigenvalue weighted by molar-refractivity contribution is 5.78. The van der Waals surface area contributed by atoms with Crippen molar-refractivity contribution in [3.8, 4) is 0 Å². The van der Waals surface area contributed by atoms with Crippen LogP contribution >= 0.6 is 0 Å². The van der Waals surface area contributed by atoms with Crippen LogP contribution in [0.15, 0.2) is 0 Å². The summed E-state index contributed by atoms with van der Waals surface area (Å²) in [6.07, 6.45) is -4.58. The van der Waals surface area contributed by atoms with Crippen LogP contribution in [0.3, 0.4) is 0 Å². The van der Waals surface area contributed by atoms with Crippen molar-refractivity contribution in [3.63, 3.8) is 0 Å². The first kappa shape index (κ1) is 15.8. The van der Waals surface area contributed by atoms with Crippen LogP contribution in [0.5, 0.6) is 0 Å². The number of rotatable bonds is 4. The van der Waals surface area contributed by atoms with Crippen molar-refractivity contribution in [1.82, 2.24) is 4.90 Å². The molecule has 0 radical (unpaired) electrons. The molecule has 1 rings (SSSR count). The van der Waals surface area contributed by atoms with Gasteiger partial charge in [0, 0.05) is 19.5 Å². The van der Waals surface area contributed by atoms with Gasteiger partial charge in [-0.05, 0) is 11.8 Å². The molecule has 1 N–H and O–H groups in total. The minimum Gasteiger partial charge on any atom is -0.481 e. The molecule has 1 heterocycles. The Hall–Kier alpha value is -1.27. The second-order valence-corrected chi connectivity index (χ2v) is 5.78. The standard InChI is InChI=1S/C12H18F3NO3/c1-11(2,6-10(18)19)5-9(17)16-4-3-8(7-16)12(13,14)15/h8H,3-7H2,1-2H3,(H,18,19). The molecular formula is C12H18F3NO3. The number of likely N-dealkylation sites (tertiary alicyclic amines) is 1. The fraction of sp³-hybridized carbons (Fsp3) is 0.833. The molecule has 0 saturated carbocycles. The first-order valence-electron chi connectivity index (χ1n) is 6.07. The van der Waals surface area contributed by atoms with Gasteiger partial charge in [0.25, 0.3) is 0 Å². The number of halogens is 3. The first-order chi connectivity index (χ1) is 8.51. The average Bonchev–Trinajstić information content (AvgIpc) is 2.61. The van der Waals surface area contributed by atoms with Crippen molar-refractivity contribution >= 4 is 11.9 Å². The maximum Gasteiger partial charge on any atom is 0.393 e. The first-order valence-corrected chi connectivity index (χ1v) is 6.07. The summed E-state index contributed by atoms with van der Waals surface area (Å²) in [4.78, 5) is 23.7. The number of carboxylic acids is 1. The van der Waals surface area contributed by atoms with E-state index in [1.807, 2.05) is 0 Å². The SMILES string of the molecule is CC(C)(CC(=O)O)CC(=O)N1CCC(C(F)(F)F)C1. The lowest BCUT2D eigenvalue weighted by Crippen LogP contribution is -2.35. The van der Waals surface area contributed by atoms with Gasteiger partial charge in [-0.2, -0.15) is 13.2 Å². The number of alkyl halides is 3. The lowest BCUT2D eigenvalue weighted by molar-refractivity contribution is -0.171. The Labute approximate surface area is 109 Å². The lowest BCUT2D eigenvalue weighted by atomic mass is 9.85. The van der Waals surface area contributed by atoms with Crippen LogP contribution in [0.1, 0.15) is 33.1 Å². The molecular weight excluding hydrogens is 263 g/mol. The molecule has 1 saturated heterocycles. The van der Waals surface area contributed by atoms with Crippen molar-refractivity contribution in [1.29, 1.82) is 0 Å². The number of amides is 1. The van der Waals surface area contributed by atoms with Gasteiger partial charge in [0.2, 0.25) is 5.91 Å². The zero-order valence-corrected chi connectivity index (χ0v) is 11.0. The summed E-state index contributed by atoms with van der Waals surface area (Å²) in [5.74, 6) is -2.88. The summed E-state index contributed by atoms with van der Waals surface area (Å²) < 4.78 is 37.5. The second-order valence-electron chi connectivity index (χ2n) is 5.78. The normalized spacial score (nSPS) is 20.7. The lowest BCUT2D eigenvalue weighted by Gasteiger charge is -2.25. The molecule has 0 aromatic carbocycles. The van der Waals surface area contributed by atoms with Crippen molar-refractivity contribution < 1.29 is 27.9 Å². The predicted octanol–water partition coefficient (Wildman–Crippen LogP) is 2.29. The van der Waals surface area contributed by atoms with Crippen molar-refractivity contribution in [2.24, 2.45) is 11.3 Å². The fourth-order valence-electron chi connectivity index (χ4n) is 2.25. The molecule has 19 heavy (non-hydrogen) atoms.